The number of benzene rings is 2. The number of hydrogen-bond donors (Lipinski definition) is 2. The van der Waals surface area contributed by atoms with Gasteiger partial charge in [0.15, 0.2) is 0 Å². The number of nitrogens with two attached hydrogens (primary N) is 2. The van der Waals surface area contributed by atoms with Gasteiger partial charge in [0.1, 0.15) is 11.5 Å². The number of ether oxygens (including phenoxy) is 2. The number of aromatic nitrogens is 2. The van der Waals surface area contributed by atoms with Crippen molar-refractivity contribution in [1.29, 1.82) is 0 Å². The summed E-state index contributed by atoms with van der Waals surface area (Å²) in [5, 5.41) is 2.13. The number of hydrogen-bond acceptors (Lipinski definition) is 5. The van der Waals surface area contributed by atoms with Crippen molar-refractivity contribution in [2.45, 2.75) is 12.8 Å². The van der Waals surface area contributed by atoms with Crippen molar-refractivity contribution >= 4 is 21.8 Å². The second kappa shape index (κ2) is 8.06. The van der Waals surface area contributed by atoms with Crippen molar-refractivity contribution in [2.75, 3.05) is 27.3 Å². The summed E-state index contributed by atoms with van der Waals surface area (Å²) in [4.78, 5) is 6.28. The van der Waals surface area contributed by atoms with Crippen LogP contribution in [0.25, 0.3) is 21.8 Å². The normalized spacial score (nSPS) is 11.3. The first kappa shape index (κ1) is 19.2. The molecule has 0 saturated heterocycles. The number of methoxy groups -OCH3 is 2. The molecule has 0 spiro atoms. The van der Waals surface area contributed by atoms with E-state index < -0.39 is 0 Å². The third kappa shape index (κ3) is 3.50. The van der Waals surface area contributed by atoms with Crippen LogP contribution in [0, 0.1) is 0 Å². The summed E-state index contributed by atoms with van der Waals surface area (Å²) in [6.07, 6.45) is 5.47. The van der Waals surface area contributed by atoms with E-state index >= 15 is 0 Å². The van der Waals surface area contributed by atoms with Crippen LogP contribution < -0.4 is 25.9 Å². The van der Waals surface area contributed by atoms with Gasteiger partial charge in [0, 0.05) is 10.8 Å². The molecular formula is C22H26N4O3. The molecule has 0 saturated carbocycles. The zero-order chi connectivity index (χ0) is 20.4. The Hall–Kier alpha value is -3.16. The molecule has 2 aromatic carbocycles. The molecule has 7 heteroatoms. The molecule has 2 heterocycles. The van der Waals surface area contributed by atoms with Crippen LogP contribution in [0.5, 0.6) is 11.5 Å². The summed E-state index contributed by atoms with van der Waals surface area (Å²) in [6, 6.07) is 11.9. The number of fused-ring (bicyclic) bond motifs is 2. The SMILES string of the molecule is COc1ccc2c(c1)c(CCN)cn2On1cc(CCN)c2cc(OC)ccc21. The van der Waals surface area contributed by atoms with Crippen molar-refractivity contribution in [2.24, 2.45) is 11.5 Å². The van der Waals surface area contributed by atoms with E-state index in [0.29, 0.717) is 13.1 Å². The smallest absolute Gasteiger partial charge is 0.119 e. The summed E-state index contributed by atoms with van der Waals surface area (Å²) in [5.41, 5.74) is 15.7. The highest BCUT2D eigenvalue weighted by Gasteiger charge is 2.14. The molecule has 2 aromatic heterocycles. The molecule has 0 aliphatic heterocycles. The highest BCUT2D eigenvalue weighted by molar-refractivity contribution is 5.86. The first-order valence-corrected chi connectivity index (χ1v) is 9.63. The lowest BCUT2D eigenvalue weighted by Crippen LogP contribution is -2.16. The molecular weight excluding hydrogens is 368 g/mol. The van der Waals surface area contributed by atoms with Crippen LogP contribution in [0.15, 0.2) is 48.8 Å². The van der Waals surface area contributed by atoms with Gasteiger partial charge in [-0.05, 0) is 73.5 Å². The monoisotopic (exact) mass is 394 g/mol. The summed E-state index contributed by atoms with van der Waals surface area (Å²) in [6.45, 7) is 1.12. The number of rotatable bonds is 8. The topological polar surface area (TPSA) is 89.6 Å². The van der Waals surface area contributed by atoms with Gasteiger partial charge in [-0.25, -0.2) is 0 Å². The Kier molecular flexibility index (Phi) is 5.33. The van der Waals surface area contributed by atoms with Crippen LogP contribution in [0.2, 0.25) is 0 Å². The molecule has 29 heavy (non-hydrogen) atoms. The van der Waals surface area contributed by atoms with Crippen LogP contribution >= 0.6 is 0 Å². The third-order valence-electron chi connectivity index (χ3n) is 5.12. The maximum absolute atomic E-state index is 6.28. The highest BCUT2D eigenvalue weighted by atomic mass is 16.8. The van der Waals surface area contributed by atoms with Crippen LogP contribution in [0.1, 0.15) is 11.1 Å². The van der Waals surface area contributed by atoms with Crippen LogP contribution in [-0.2, 0) is 12.8 Å². The van der Waals surface area contributed by atoms with E-state index in [0.717, 1.165) is 57.3 Å². The number of nitrogens with zero attached hydrogens (tertiary/aromatic N) is 2. The standard InChI is InChI=1S/C22H26N4O3/c1-27-17-3-5-21-19(11-17)15(7-9-23)13-25(21)29-26-14-16(8-10-24)20-12-18(28-2)4-6-22(20)26/h3-6,11-14H,7-10,23-24H2,1-2H3. The highest BCUT2D eigenvalue weighted by Crippen LogP contribution is 2.28. The zero-order valence-corrected chi connectivity index (χ0v) is 16.7. The van der Waals surface area contributed by atoms with Gasteiger partial charge in [-0.2, -0.15) is 9.46 Å². The van der Waals surface area contributed by atoms with Crippen LogP contribution in [-0.4, -0.2) is 36.8 Å². The van der Waals surface area contributed by atoms with Gasteiger partial charge in [0.25, 0.3) is 0 Å². The van der Waals surface area contributed by atoms with E-state index in [1.807, 2.05) is 48.8 Å². The maximum atomic E-state index is 6.28. The van der Waals surface area contributed by atoms with E-state index in [2.05, 4.69) is 0 Å². The van der Waals surface area contributed by atoms with Crippen molar-refractivity contribution in [3.8, 4) is 11.5 Å². The van der Waals surface area contributed by atoms with Crippen molar-refractivity contribution in [3.63, 3.8) is 0 Å². The van der Waals surface area contributed by atoms with E-state index in [1.165, 1.54) is 0 Å². The quantitative estimate of drug-likeness (QED) is 0.479. The molecule has 7 nitrogen and oxygen atoms in total. The zero-order valence-electron chi connectivity index (χ0n) is 16.7. The van der Waals surface area contributed by atoms with Gasteiger partial charge >= 0.3 is 0 Å². The van der Waals surface area contributed by atoms with Crippen LogP contribution in [0.3, 0.4) is 0 Å². The predicted molar refractivity (Wildman–Crippen MR) is 114 cm³/mol. The van der Waals surface area contributed by atoms with Crippen LogP contribution in [0.4, 0.5) is 0 Å². The molecule has 0 aliphatic rings. The van der Waals surface area contributed by atoms with E-state index in [1.54, 1.807) is 23.7 Å². The van der Waals surface area contributed by atoms with E-state index in [9.17, 15) is 0 Å². The fraction of sp³-hybridized carbons (Fsp3) is 0.273. The Morgan fingerprint density at radius 2 is 1.17 bits per heavy atom. The molecule has 0 fully saturated rings. The summed E-state index contributed by atoms with van der Waals surface area (Å²) in [5.74, 6) is 1.61. The Morgan fingerprint density at radius 1 is 0.724 bits per heavy atom. The minimum Gasteiger partial charge on any atom is -0.497 e. The third-order valence-corrected chi connectivity index (χ3v) is 5.12. The average Bonchev–Trinajstić information content (AvgIpc) is 3.26. The maximum Gasteiger partial charge on any atom is 0.119 e. The molecule has 152 valence electrons. The first-order chi connectivity index (χ1) is 14.2. The summed E-state index contributed by atoms with van der Waals surface area (Å²) < 4.78 is 14.3. The molecule has 4 aromatic rings. The molecule has 0 amide bonds. The Labute approximate surface area is 169 Å². The molecule has 4 N–H and O–H groups in total. The molecule has 0 unspecified atom stereocenters. The fourth-order valence-electron chi connectivity index (χ4n) is 3.68. The largest absolute Gasteiger partial charge is 0.497 e. The minimum absolute atomic E-state index is 0.559. The molecule has 0 aliphatic carbocycles. The second-order valence-electron chi connectivity index (χ2n) is 6.89. The lowest BCUT2D eigenvalue weighted by atomic mass is 10.1. The van der Waals surface area contributed by atoms with E-state index in [-0.39, 0.29) is 0 Å². The molecule has 0 radical (unpaired) electrons. The van der Waals surface area contributed by atoms with Gasteiger partial charge in [0.05, 0.1) is 37.6 Å². The van der Waals surface area contributed by atoms with Gasteiger partial charge in [0.2, 0.25) is 0 Å². The van der Waals surface area contributed by atoms with Crippen molar-refractivity contribution < 1.29 is 14.4 Å². The summed E-state index contributed by atoms with van der Waals surface area (Å²) >= 11 is 0. The van der Waals surface area contributed by atoms with Gasteiger partial charge in [-0.1, -0.05) is 0 Å². The lowest BCUT2D eigenvalue weighted by Gasteiger charge is -2.09. The second-order valence-corrected chi connectivity index (χ2v) is 6.89. The Morgan fingerprint density at radius 3 is 1.55 bits per heavy atom. The Bertz CT molecular complexity index is 1060. The lowest BCUT2D eigenvalue weighted by molar-refractivity contribution is 0.0515. The minimum atomic E-state index is 0.559. The predicted octanol–water partition coefficient (Wildman–Crippen LogP) is 2.51. The Balaban J connectivity index is 1.81. The van der Waals surface area contributed by atoms with Gasteiger partial charge < -0.3 is 20.9 Å². The molecule has 0 bridgehead atoms. The van der Waals surface area contributed by atoms with Gasteiger partial charge in [-0.15, -0.1) is 0 Å². The van der Waals surface area contributed by atoms with Gasteiger partial charge in [-0.3, -0.25) is 4.94 Å². The van der Waals surface area contributed by atoms with E-state index in [4.69, 9.17) is 25.9 Å². The fourth-order valence-corrected chi connectivity index (χ4v) is 3.68. The summed E-state index contributed by atoms with van der Waals surface area (Å²) in [7, 11) is 3.33. The molecule has 4 rings (SSSR count). The average molecular weight is 394 g/mol. The molecule has 0 atom stereocenters. The van der Waals surface area contributed by atoms with Crippen molar-refractivity contribution in [3.05, 3.63) is 59.9 Å². The first-order valence-electron chi connectivity index (χ1n) is 9.63. The van der Waals surface area contributed by atoms with Crippen molar-refractivity contribution in [1.82, 2.24) is 9.46 Å².